The van der Waals surface area contributed by atoms with E-state index >= 15 is 0 Å². The maximum Gasteiger partial charge on any atom is 0.134 e. The average molecular weight is 248 g/mol. The lowest BCUT2D eigenvalue weighted by Gasteiger charge is -2.38. The van der Waals surface area contributed by atoms with E-state index in [1.54, 1.807) is 0 Å². The quantitative estimate of drug-likeness (QED) is 0.664. The van der Waals surface area contributed by atoms with Gasteiger partial charge in [0.2, 0.25) is 0 Å². The van der Waals surface area contributed by atoms with Crippen molar-refractivity contribution in [1.29, 1.82) is 0 Å². The molecule has 0 radical (unpaired) electrons. The molecular weight excluding hydrogens is 230 g/mol. The van der Waals surface area contributed by atoms with Gasteiger partial charge in [-0.05, 0) is 13.8 Å². The molecule has 76 valence electrons. The Labute approximate surface area is 89.1 Å². The first-order valence-electron chi connectivity index (χ1n) is 4.60. The minimum Gasteiger partial charge on any atom is -0.274 e. The molecule has 3 nitrogen and oxygen atoms in total. The Morgan fingerprint density at radius 2 is 1.92 bits per heavy atom. The number of nitrogens with zero attached hydrogens (tertiary/aromatic N) is 3. The molecule has 0 bridgehead atoms. The predicted octanol–water partition coefficient (Wildman–Crippen LogP) is 2.64. The third-order valence-corrected chi connectivity index (χ3v) is 2.65. The molecule has 13 heavy (non-hydrogen) atoms. The van der Waals surface area contributed by atoms with E-state index in [0.29, 0.717) is 12.2 Å². The summed E-state index contributed by atoms with van der Waals surface area (Å²) in [7, 11) is 0. The van der Waals surface area contributed by atoms with Crippen molar-refractivity contribution in [3.63, 3.8) is 0 Å². The lowest BCUT2D eigenvalue weighted by Crippen LogP contribution is -2.47. The van der Waals surface area contributed by atoms with Crippen LogP contribution in [0.4, 0.5) is 0 Å². The van der Waals surface area contributed by atoms with Crippen molar-refractivity contribution in [3.05, 3.63) is 0 Å². The van der Waals surface area contributed by atoms with Gasteiger partial charge in [-0.25, -0.2) is 0 Å². The molecule has 1 aliphatic rings. The summed E-state index contributed by atoms with van der Waals surface area (Å²) >= 11 is 3.49. The summed E-state index contributed by atoms with van der Waals surface area (Å²) in [6.45, 7) is 11.0. The minimum atomic E-state index is 0.185. The first-order valence-corrected chi connectivity index (χ1v) is 5.31. The van der Waals surface area contributed by atoms with Gasteiger partial charge in [0.1, 0.15) is 12.5 Å². The van der Waals surface area contributed by atoms with Crippen molar-refractivity contribution in [3.8, 4) is 0 Å². The summed E-state index contributed by atoms with van der Waals surface area (Å²) in [6.07, 6.45) is 2.13. The zero-order valence-corrected chi connectivity index (χ0v) is 10.5. The van der Waals surface area contributed by atoms with Crippen LogP contribution in [0.2, 0.25) is 0 Å². The van der Waals surface area contributed by atoms with Crippen LogP contribution in [0.5, 0.6) is 0 Å². The summed E-state index contributed by atoms with van der Waals surface area (Å²) in [5.74, 6) is 0. The molecule has 1 rings (SSSR count). The van der Waals surface area contributed by atoms with E-state index in [-0.39, 0.29) is 5.41 Å². The number of hydrazone groups is 1. The Kier molecular flexibility index (Phi) is 2.90. The van der Waals surface area contributed by atoms with Crippen LogP contribution in [-0.4, -0.2) is 27.5 Å². The van der Waals surface area contributed by atoms with E-state index in [9.17, 15) is 0 Å². The fourth-order valence-corrected chi connectivity index (χ4v) is 2.41. The average Bonchev–Trinajstić information content (AvgIpc) is 2.28. The van der Waals surface area contributed by atoms with Crippen LogP contribution in [0.3, 0.4) is 0 Å². The van der Waals surface area contributed by atoms with E-state index in [1.807, 2.05) is 10.3 Å². The molecule has 0 aromatic rings. The second kappa shape index (κ2) is 3.48. The highest BCUT2D eigenvalue weighted by atomic mass is 79.9. The fraction of sp³-hybridized carbons (Fsp3) is 0.889. The monoisotopic (exact) mass is 247 g/mol. The van der Waals surface area contributed by atoms with Gasteiger partial charge in [-0.1, -0.05) is 20.8 Å². The Morgan fingerprint density at radius 3 is 2.23 bits per heavy atom. The van der Waals surface area contributed by atoms with Crippen molar-refractivity contribution < 1.29 is 0 Å². The third kappa shape index (κ3) is 2.16. The smallest absolute Gasteiger partial charge is 0.134 e. The summed E-state index contributed by atoms with van der Waals surface area (Å²) in [6, 6.07) is 0.433. The maximum atomic E-state index is 4.35. The highest BCUT2D eigenvalue weighted by Gasteiger charge is 2.37. The normalized spacial score (nSPS) is 23.5. The fourth-order valence-electron chi connectivity index (χ4n) is 1.53. The summed E-state index contributed by atoms with van der Waals surface area (Å²) in [4.78, 5) is 0. The van der Waals surface area contributed by atoms with Gasteiger partial charge in [-0.2, -0.15) is 5.10 Å². The highest BCUT2D eigenvalue weighted by Crippen LogP contribution is 2.32. The van der Waals surface area contributed by atoms with Gasteiger partial charge in [0.15, 0.2) is 0 Å². The topological polar surface area (TPSA) is 18.8 Å². The van der Waals surface area contributed by atoms with E-state index in [0.717, 1.165) is 0 Å². The second-order valence-corrected chi connectivity index (χ2v) is 5.61. The molecule has 1 heterocycles. The largest absolute Gasteiger partial charge is 0.274 e. The van der Waals surface area contributed by atoms with Crippen LogP contribution in [0.15, 0.2) is 5.10 Å². The molecule has 0 fully saturated rings. The second-order valence-electron chi connectivity index (χ2n) is 4.79. The van der Waals surface area contributed by atoms with Crippen LogP contribution in [-0.2, 0) is 0 Å². The van der Waals surface area contributed by atoms with Gasteiger partial charge in [0, 0.05) is 11.5 Å². The standard InChI is InChI=1S/C9H18BrN3/c1-7(2)13-8(9(3,4)5)12(10)6-11-13/h6-8H,1-5H3. The molecule has 0 amide bonds. The first kappa shape index (κ1) is 10.8. The van der Waals surface area contributed by atoms with Gasteiger partial charge in [0.05, 0.1) is 16.1 Å². The van der Waals surface area contributed by atoms with Crippen molar-refractivity contribution in [2.45, 2.75) is 46.8 Å². The first-order chi connectivity index (χ1) is 5.84. The molecule has 1 atom stereocenters. The van der Waals surface area contributed by atoms with Gasteiger partial charge >= 0.3 is 0 Å². The van der Waals surface area contributed by atoms with E-state index in [2.05, 4.69) is 60.9 Å². The Morgan fingerprint density at radius 1 is 1.38 bits per heavy atom. The lowest BCUT2D eigenvalue weighted by atomic mass is 9.91. The summed E-state index contributed by atoms with van der Waals surface area (Å²) < 4.78 is 1.99. The Balaban J connectivity index is 2.82. The van der Waals surface area contributed by atoms with Crippen molar-refractivity contribution in [2.24, 2.45) is 10.5 Å². The summed E-state index contributed by atoms with van der Waals surface area (Å²) in [5.41, 5.74) is 0.185. The predicted molar refractivity (Wildman–Crippen MR) is 59.5 cm³/mol. The number of hydrogen-bond donors (Lipinski definition) is 0. The summed E-state index contributed by atoms with van der Waals surface area (Å²) in [5, 5.41) is 6.47. The molecule has 0 spiro atoms. The SMILES string of the molecule is CC(C)N1N=CN(Br)C1C(C)(C)C. The molecule has 1 aliphatic heterocycles. The third-order valence-electron chi connectivity index (χ3n) is 2.08. The molecule has 0 aromatic heterocycles. The van der Waals surface area contributed by atoms with Crippen LogP contribution in [0, 0.1) is 5.41 Å². The van der Waals surface area contributed by atoms with E-state index < -0.39 is 0 Å². The van der Waals surface area contributed by atoms with Gasteiger partial charge in [-0.15, -0.1) is 0 Å². The molecule has 0 saturated heterocycles. The van der Waals surface area contributed by atoms with Crippen molar-refractivity contribution in [1.82, 2.24) is 8.93 Å². The van der Waals surface area contributed by atoms with Gasteiger partial charge in [-0.3, -0.25) is 8.93 Å². The Hall–Kier alpha value is -0.250. The number of hydrogen-bond acceptors (Lipinski definition) is 3. The number of rotatable bonds is 1. The maximum absolute atomic E-state index is 4.35. The minimum absolute atomic E-state index is 0.185. The van der Waals surface area contributed by atoms with Crippen LogP contribution >= 0.6 is 16.1 Å². The molecule has 0 aliphatic carbocycles. The molecule has 0 aromatic carbocycles. The lowest BCUT2D eigenvalue weighted by molar-refractivity contribution is 0.0528. The highest BCUT2D eigenvalue weighted by molar-refractivity contribution is 9.07. The van der Waals surface area contributed by atoms with Crippen LogP contribution in [0.1, 0.15) is 34.6 Å². The zero-order chi connectivity index (χ0) is 10.2. The van der Waals surface area contributed by atoms with Gasteiger partial charge in [0.25, 0.3) is 0 Å². The van der Waals surface area contributed by atoms with Crippen molar-refractivity contribution in [2.75, 3.05) is 0 Å². The van der Waals surface area contributed by atoms with Crippen LogP contribution < -0.4 is 0 Å². The molecule has 1 unspecified atom stereocenters. The van der Waals surface area contributed by atoms with Crippen LogP contribution in [0.25, 0.3) is 0 Å². The molecule has 0 saturated carbocycles. The molecule has 0 N–H and O–H groups in total. The van der Waals surface area contributed by atoms with E-state index in [1.165, 1.54) is 0 Å². The van der Waals surface area contributed by atoms with Crippen molar-refractivity contribution >= 4 is 22.5 Å². The zero-order valence-electron chi connectivity index (χ0n) is 8.95. The van der Waals surface area contributed by atoms with Gasteiger partial charge < -0.3 is 0 Å². The van der Waals surface area contributed by atoms with E-state index in [4.69, 9.17) is 0 Å². The molecular formula is C9H18BrN3. The molecule has 4 heteroatoms. The Bertz CT molecular complexity index is 207. The number of halogens is 1.